The Bertz CT molecular complexity index is 566. The minimum Gasteiger partial charge on any atom is -0.481 e. The molecule has 1 aliphatic carbocycles. The number of carbonyl (C=O) groups excluding carboxylic acids is 2. The first-order valence-electron chi connectivity index (χ1n) is 6.70. The van der Waals surface area contributed by atoms with Gasteiger partial charge in [0.2, 0.25) is 0 Å². The fourth-order valence-electron chi connectivity index (χ4n) is 2.35. The van der Waals surface area contributed by atoms with E-state index < -0.39 is 12.1 Å². The second-order valence-corrected chi connectivity index (χ2v) is 6.09. The molecule has 0 aromatic carbocycles. The van der Waals surface area contributed by atoms with Crippen molar-refractivity contribution in [2.45, 2.75) is 38.1 Å². The molecule has 0 radical (unpaired) electrons. The van der Waals surface area contributed by atoms with Gasteiger partial charge in [0.05, 0.1) is 18.4 Å². The van der Waals surface area contributed by atoms with Crippen molar-refractivity contribution in [1.29, 1.82) is 0 Å². The van der Waals surface area contributed by atoms with Gasteiger partial charge in [-0.05, 0) is 30.9 Å². The number of ketones is 1. The number of carboxylic acid groups (broad SMARTS) is 1. The molecule has 2 N–H and O–H groups in total. The molecule has 1 atom stereocenters. The minimum absolute atomic E-state index is 0.0153. The Morgan fingerprint density at radius 2 is 2.19 bits per heavy atom. The number of Topliss-reactive ketones (excluding diaryl/α,β-unsaturated/α-hetero) is 1. The van der Waals surface area contributed by atoms with Gasteiger partial charge in [0.1, 0.15) is 0 Å². The van der Waals surface area contributed by atoms with E-state index in [1.165, 1.54) is 18.4 Å². The summed E-state index contributed by atoms with van der Waals surface area (Å²) in [5.74, 6) is -1.10. The number of fused-ring (bicyclic) bond motifs is 1. The number of nitrogens with one attached hydrogen (secondary N) is 1. The average molecular weight is 311 g/mol. The van der Waals surface area contributed by atoms with E-state index in [-0.39, 0.29) is 24.7 Å². The van der Waals surface area contributed by atoms with Gasteiger partial charge in [-0.2, -0.15) is 0 Å². The summed E-state index contributed by atoms with van der Waals surface area (Å²) in [7, 11) is 1.33. The van der Waals surface area contributed by atoms with Gasteiger partial charge in [0, 0.05) is 17.3 Å². The van der Waals surface area contributed by atoms with Crippen molar-refractivity contribution < 1.29 is 24.2 Å². The Kier molecular flexibility index (Phi) is 4.95. The van der Waals surface area contributed by atoms with E-state index in [1.54, 1.807) is 0 Å². The number of aliphatic carboxylic acids is 1. The Hall–Kier alpha value is -1.89. The van der Waals surface area contributed by atoms with Gasteiger partial charge in [-0.15, -0.1) is 11.3 Å². The normalized spacial score (nSPS) is 16.9. The van der Waals surface area contributed by atoms with Crippen LogP contribution in [0.1, 0.15) is 39.4 Å². The van der Waals surface area contributed by atoms with E-state index >= 15 is 0 Å². The third-order valence-electron chi connectivity index (χ3n) is 3.43. The van der Waals surface area contributed by atoms with Crippen molar-refractivity contribution in [3.63, 3.8) is 0 Å². The third kappa shape index (κ3) is 4.04. The van der Waals surface area contributed by atoms with Crippen LogP contribution in [0.4, 0.5) is 4.79 Å². The predicted octanol–water partition coefficient (Wildman–Crippen LogP) is 2.01. The molecule has 1 aliphatic rings. The first-order valence-corrected chi connectivity index (χ1v) is 7.52. The summed E-state index contributed by atoms with van der Waals surface area (Å²) in [6.45, 7) is 0. The molecule has 7 heteroatoms. The molecule has 1 aromatic heterocycles. The van der Waals surface area contributed by atoms with Gasteiger partial charge >= 0.3 is 12.1 Å². The van der Waals surface area contributed by atoms with Gasteiger partial charge < -0.3 is 15.2 Å². The molecule has 1 amide bonds. The number of ether oxygens (including phenoxy) is 1. The molecule has 0 bridgehead atoms. The van der Waals surface area contributed by atoms with Crippen LogP contribution in [0.5, 0.6) is 0 Å². The molecular weight excluding hydrogens is 294 g/mol. The minimum atomic E-state index is -0.966. The maximum Gasteiger partial charge on any atom is 0.407 e. The van der Waals surface area contributed by atoms with Crippen LogP contribution in [-0.4, -0.2) is 36.1 Å². The molecule has 0 fully saturated rings. The van der Waals surface area contributed by atoms with Crippen LogP contribution in [0, 0.1) is 0 Å². The van der Waals surface area contributed by atoms with Crippen molar-refractivity contribution in [2.75, 3.05) is 7.11 Å². The van der Waals surface area contributed by atoms with Gasteiger partial charge in [0.25, 0.3) is 0 Å². The van der Waals surface area contributed by atoms with Crippen LogP contribution in [-0.2, 0) is 22.4 Å². The summed E-state index contributed by atoms with van der Waals surface area (Å²) in [6, 6.07) is 1.84. The molecule has 1 unspecified atom stereocenters. The van der Waals surface area contributed by atoms with Crippen molar-refractivity contribution >= 4 is 29.2 Å². The molecule has 0 spiro atoms. The summed E-state index contributed by atoms with van der Waals surface area (Å²) in [6.07, 6.45) is 1.72. The standard InChI is InChI=1S/C14H17NO5S/c1-20-14(19)15-9-2-4-11-8(6-9)7-12(21-11)10(16)3-5-13(17)18/h7,9H,2-6H2,1H3,(H,15,19)(H,17,18). The summed E-state index contributed by atoms with van der Waals surface area (Å²) in [5.41, 5.74) is 1.06. The molecule has 6 nitrogen and oxygen atoms in total. The number of hydrogen-bond donors (Lipinski definition) is 2. The Morgan fingerprint density at radius 1 is 1.43 bits per heavy atom. The van der Waals surface area contributed by atoms with Crippen molar-refractivity contribution in [1.82, 2.24) is 5.32 Å². The summed E-state index contributed by atoms with van der Waals surface area (Å²) in [4.78, 5) is 35.4. The van der Waals surface area contributed by atoms with E-state index in [4.69, 9.17) is 5.11 Å². The van der Waals surface area contributed by atoms with Gasteiger partial charge in [0.15, 0.2) is 5.78 Å². The first kappa shape index (κ1) is 15.5. The number of alkyl carbamates (subject to hydrolysis) is 1. The molecule has 0 saturated heterocycles. The molecule has 1 heterocycles. The highest BCUT2D eigenvalue weighted by molar-refractivity contribution is 7.14. The zero-order chi connectivity index (χ0) is 15.4. The molecule has 114 valence electrons. The Balaban J connectivity index is 2.00. The highest BCUT2D eigenvalue weighted by Crippen LogP contribution is 2.30. The van der Waals surface area contributed by atoms with Crippen LogP contribution in [0.15, 0.2) is 6.07 Å². The number of carboxylic acids is 1. The fourth-order valence-corrected chi connectivity index (χ4v) is 3.53. The van der Waals surface area contributed by atoms with Crippen LogP contribution in [0.25, 0.3) is 0 Å². The maximum absolute atomic E-state index is 11.9. The van der Waals surface area contributed by atoms with Gasteiger partial charge in [-0.1, -0.05) is 0 Å². The molecule has 0 saturated carbocycles. The van der Waals surface area contributed by atoms with Gasteiger partial charge in [-0.25, -0.2) is 4.79 Å². The molecule has 2 rings (SSSR count). The largest absolute Gasteiger partial charge is 0.481 e. The second-order valence-electron chi connectivity index (χ2n) is 4.95. The molecular formula is C14H17NO5S. The highest BCUT2D eigenvalue weighted by atomic mass is 32.1. The van der Waals surface area contributed by atoms with E-state index in [0.29, 0.717) is 11.3 Å². The van der Waals surface area contributed by atoms with Crippen LogP contribution < -0.4 is 5.32 Å². The van der Waals surface area contributed by atoms with Crippen molar-refractivity contribution in [2.24, 2.45) is 0 Å². The summed E-state index contributed by atoms with van der Waals surface area (Å²) < 4.78 is 4.58. The number of thiophene rings is 1. The fraction of sp³-hybridized carbons (Fsp3) is 0.500. The molecule has 21 heavy (non-hydrogen) atoms. The predicted molar refractivity (Wildman–Crippen MR) is 76.9 cm³/mol. The lowest BCUT2D eigenvalue weighted by Gasteiger charge is -2.22. The second kappa shape index (κ2) is 6.71. The SMILES string of the molecule is COC(=O)NC1CCc2sc(C(=O)CCC(=O)O)cc2C1. The lowest BCUT2D eigenvalue weighted by molar-refractivity contribution is -0.136. The highest BCUT2D eigenvalue weighted by Gasteiger charge is 2.24. The summed E-state index contributed by atoms with van der Waals surface area (Å²) >= 11 is 1.44. The van der Waals surface area contributed by atoms with Crippen LogP contribution >= 0.6 is 11.3 Å². The number of methoxy groups -OCH3 is 1. The Morgan fingerprint density at radius 3 is 2.86 bits per heavy atom. The topological polar surface area (TPSA) is 92.7 Å². The molecule has 1 aromatic rings. The number of amides is 1. The zero-order valence-corrected chi connectivity index (χ0v) is 12.5. The van der Waals surface area contributed by atoms with Crippen molar-refractivity contribution in [3.05, 3.63) is 21.4 Å². The lowest BCUT2D eigenvalue weighted by atomic mass is 9.94. The average Bonchev–Trinajstić information content (AvgIpc) is 2.87. The zero-order valence-electron chi connectivity index (χ0n) is 11.7. The molecule has 0 aliphatic heterocycles. The van der Waals surface area contributed by atoms with Gasteiger partial charge in [-0.3, -0.25) is 9.59 Å². The number of aryl methyl sites for hydroxylation is 1. The summed E-state index contributed by atoms with van der Waals surface area (Å²) in [5, 5.41) is 11.4. The third-order valence-corrected chi connectivity index (χ3v) is 4.71. The van der Waals surface area contributed by atoms with E-state index in [0.717, 1.165) is 23.3 Å². The monoisotopic (exact) mass is 311 g/mol. The number of rotatable bonds is 5. The van der Waals surface area contributed by atoms with Crippen molar-refractivity contribution in [3.8, 4) is 0 Å². The maximum atomic E-state index is 11.9. The van der Waals surface area contributed by atoms with Crippen LogP contribution in [0.3, 0.4) is 0 Å². The van der Waals surface area contributed by atoms with E-state index in [9.17, 15) is 14.4 Å². The number of hydrogen-bond acceptors (Lipinski definition) is 5. The quantitative estimate of drug-likeness (QED) is 0.811. The number of carbonyl (C=O) groups is 3. The first-order chi connectivity index (χ1) is 9.99. The smallest absolute Gasteiger partial charge is 0.407 e. The van der Waals surface area contributed by atoms with E-state index in [2.05, 4.69) is 10.1 Å². The van der Waals surface area contributed by atoms with Crippen LogP contribution in [0.2, 0.25) is 0 Å². The lowest BCUT2D eigenvalue weighted by Crippen LogP contribution is -2.38. The van der Waals surface area contributed by atoms with E-state index in [1.807, 2.05) is 6.07 Å². The Labute approximate surface area is 126 Å².